The highest BCUT2D eigenvalue weighted by atomic mass is 16.4. The molecule has 3 aromatic rings. The van der Waals surface area contributed by atoms with Crippen LogP contribution >= 0.6 is 0 Å². The highest BCUT2D eigenvalue weighted by molar-refractivity contribution is 5.74. The van der Waals surface area contributed by atoms with Crippen molar-refractivity contribution < 1.29 is 9.52 Å². The smallest absolute Gasteiger partial charge is 0.298 e. The summed E-state index contributed by atoms with van der Waals surface area (Å²) in [6.07, 6.45) is 3.74. The third-order valence-electron chi connectivity index (χ3n) is 4.40. The molecule has 23 heavy (non-hydrogen) atoms. The van der Waals surface area contributed by atoms with E-state index in [1.807, 2.05) is 40.8 Å². The molecule has 0 aliphatic carbocycles. The zero-order chi connectivity index (χ0) is 15.9. The fraction of sp³-hybridized carbons (Fsp3) is 0.438. The van der Waals surface area contributed by atoms with Crippen molar-refractivity contribution >= 4 is 17.1 Å². The minimum Gasteiger partial charge on any atom is -0.423 e. The van der Waals surface area contributed by atoms with E-state index >= 15 is 0 Å². The van der Waals surface area contributed by atoms with Crippen LogP contribution in [0, 0.1) is 0 Å². The van der Waals surface area contributed by atoms with Crippen LogP contribution in [0.3, 0.4) is 0 Å². The summed E-state index contributed by atoms with van der Waals surface area (Å²) in [4.78, 5) is 6.55. The Balaban J connectivity index is 1.57. The number of para-hydroxylation sites is 2. The molecule has 1 fully saturated rings. The van der Waals surface area contributed by atoms with Gasteiger partial charge >= 0.3 is 0 Å². The van der Waals surface area contributed by atoms with Gasteiger partial charge < -0.3 is 19.0 Å². The van der Waals surface area contributed by atoms with E-state index in [1.165, 1.54) is 0 Å². The lowest BCUT2D eigenvalue weighted by Crippen LogP contribution is -2.50. The van der Waals surface area contributed by atoms with Crippen LogP contribution in [0.1, 0.15) is 18.7 Å². The number of piperidine rings is 1. The third kappa shape index (κ3) is 2.68. The highest BCUT2D eigenvalue weighted by Crippen LogP contribution is 2.29. The van der Waals surface area contributed by atoms with Gasteiger partial charge in [0.1, 0.15) is 17.7 Å². The third-order valence-corrected chi connectivity index (χ3v) is 4.40. The molecule has 4 rings (SSSR count). The zero-order valence-corrected chi connectivity index (χ0v) is 13.0. The number of aliphatic hydroxyl groups is 1. The molecule has 0 saturated carbocycles. The Bertz CT molecular complexity index is 794. The molecule has 1 saturated heterocycles. The molecule has 1 aliphatic rings. The van der Waals surface area contributed by atoms with Crippen LogP contribution in [0.5, 0.6) is 0 Å². The molecular formula is C16H19N5O2. The van der Waals surface area contributed by atoms with Crippen molar-refractivity contribution in [3.63, 3.8) is 0 Å². The number of rotatable bonds is 3. The van der Waals surface area contributed by atoms with Gasteiger partial charge in [0.2, 0.25) is 0 Å². The standard InChI is InChI=1S/C16H19N5O2/c1-20-11-17-19-14(20)9-16(22)7-4-8-21(10-16)15-18-12-5-2-3-6-13(12)23-15/h2-3,5-6,11,22H,4,7-10H2,1H3. The molecule has 7 heteroatoms. The molecule has 0 amide bonds. The van der Waals surface area contributed by atoms with E-state index in [-0.39, 0.29) is 0 Å². The van der Waals surface area contributed by atoms with Gasteiger partial charge in [-0.3, -0.25) is 0 Å². The maximum absolute atomic E-state index is 11.0. The Morgan fingerprint density at radius 1 is 1.35 bits per heavy atom. The molecular weight excluding hydrogens is 294 g/mol. The summed E-state index contributed by atoms with van der Waals surface area (Å²) >= 11 is 0. The van der Waals surface area contributed by atoms with Crippen LogP contribution in [-0.2, 0) is 13.5 Å². The van der Waals surface area contributed by atoms with E-state index < -0.39 is 5.60 Å². The SMILES string of the molecule is Cn1cnnc1CC1(O)CCCN(c2nc3ccccc3o2)C1. The number of anilines is 1. The van der Waals surface area contributed by atoms with Crippen molar-refractivity contribution in [3.05, 3.63) is 36.4 Å². The number of hydrogen-bond donors (Lipinski definition) is 1. The number of aromatic nitrogens is 4. The van der Waals surface area contributed by atoms with Gasteiger partial charge in [0, 0.05) is 20.0 Å². The number of oxazole rings is 1. The predicted molar refractivity (Wildman–Crippen MR) is 85.1 cm³/mol. The van der Waals surface area contributed by atoms with Crippen LogP contribution in [0.2, 0.25) is 0 Å². The molecule has 7 nitrogen and oxygen atoms in total. The normalized spacial score (nSPS) is 21.9. The van der Waals surface area contributed by atoms with Gasteiger partial charge in [-0.2, -0.15) is 4.98 Å². The van der Waals surface area contributed by atoms with Crippen LogP contribution < -0.4 is 4.90 Å². The Kier molecular flexibility index (Phi) is 3.30. The molecule has 0 radical (unpaired) electrons. The van der Waals surface area contributed by atoms with Gasteiger partial charge in [0.25, 0.3) is 6.01 Å². The van der Waals surface area contributed by atoms with Gasteiger partial charge in [0.15, 0.2) is 5.58 Å². The van der Waals surface area contributed by atoms with E-state index in [2.05, 4.69) is 15.2 Å². The topological polar surface area (TPSA) is 80.2 Å². The zero-order valence-electron chi connectivity index (χ0n) is 13.0. The van der Waals surface area contributed by atoms with Crippen molar-refractivity contribution in [1.82, 2.24) is 19.7 Å². The van der Waals surface area contributed by atoms with Crippen LogP contribution in [0.4, 0.5) is 6.01 Å². The van der Waals surface area contributed by atoms with E-state index in [0.717, 1.165) is 36.3 Å². The van der Waals surface area contributed by atoms with Crippen LogP contribution in [-0.4, -0.2) is 43.5 Å². The molecule has 1 aliphatic heterocycles. The Morgan fingerprint density at radius 3 is 3.00 bits per heavy atom. The molecule has 1 atom stereocenters. The molecule has 0 bridgehead atoms. The quantitative estimate of drug-likeness (QED) is 0.790. The largest absolute Gasteiger partial charge is 0.423 e. The van der Waals surface area contributed by atoms with Crippen LogP contribution in [0.15, 0.2) is 35.0 Å². The first-order chi connectivity index (χ1) is 11.1. The summed E-state index contributed by atoms with van der Waals surface area (Å²) in [5, 5.41) is 18.9. The summed E-state index contributed by atoms with van der Waals surface area (Å²) in [5.74, 6) is 0.784. The number of hydrogen-bond acceptors (Lipinski definition) is 6. The molecule has 2 aromatic heterocycles. The van der Waals surface area contributed by atoms with Crippen molar-refractivity contribution in [2.75, 3.05) is 18.0 Å². The van der Waals surface area contributed by atoms with Crippen LogP contribution in [0.25, 0.3) is 11.1 Å². The minimum absolute atomic E-state index is 0.472. The Morgan fingerprint density at radius 2 is 2.22 bits per heavy atom. The number of nitrogens with zero attached hydrogens (tertiary/aromatic N) is 5. The van der Waals surface area contributed by atoms with Gasteiger partial charge in [-0.25, -0.2) is 0 Å². The first kappa shape index (κ1) is 14.2. The highest BCUT2D eigenvalue weighted by Gasteiger charge is 2.36. The predicted octanol–water partition coefficient (Wildman–Crippen LogP) is 1.53. The van der Waals surface area contributed by atoms with Gasteiger partial charge in [-0.1, -0.05) is 12.1 Å². The Labute approximate surface area is 133 Å². The lowest BCUT2D eigenvalue weighted by atomic mass is 9.89. The maximum atomic E-state index is 11.0. The lowest BCUT2D eigenvalue weighted by Gasteiger charge is -2.38. The average molecular weight is 313 g/mol. The molecule has 0 spiro atoms. The van der Waals surface area contributed by atoms with Crippen molar-refractivity contribution in [3.8, 4) is 0 Å². The molecule has 1 aromatic carbocycles. The lowest BCUT2D eigenvalue weighted by molar-refractivity contribution is 0.0226. The second-order valence-corrected chi connectivity index (χ2v) is 6.25. The number of fused-ring (bicyclic) bond motifs is 1. The fourth-order valence-corrected chi connectivity index (χ4v) is 3.18. The van der Waals surface area contributed by atoms with Gasteiger partial charge in [-0.05, 0) is 25.0 Å². The maximum Gasteiger partial charge on any atom is 0.298 e. The van der Waals surface area contributed by atoms with E-state index in [9.17, 15) is 5.11 Å². The molecule has 3 heterocycles. The summed E-state index contributed by atoms with van der Waals surface area (Å²) < 4.78 is 7.67. The van der Waals surface area contributed by atoms with Gasteiger partial charge in [0.05, 0.1) is 12.1 Å². The second-order valence-electron chi connectivity index (χ2n) is 6.25. The molecule has 120 valence electrons. The fourth-order valence-electron chi connectivity index (χ4n) is 3.18. The number of benzene rings is 1. The summed E-state index contributed by atoms with van der Waals surface area (Å²) in [5.41, 5.74) is 0.759. The van der Waals surface area contributed by atoms with Crippen molar-refractivity contribution in [2.24, 2.45) is 7.05 Å². The van der Waals surface area contributed by atoms with Gasteiger partial charge in [-0.15, -0.1) is 10.2 Å². The first-order valence-corrected chi connectivity index (χ1v) is 7.79. The second kappa shape index (κ2) is 5.34. The van der Waals surface area contributed by atoms with E-state index in [4.69, 9.17) is 4.42 Å². The summed E-state index contributed by atoms with van der Waals surface area (Å²) in [7, 11) is 1.89. The average Bonchev–Trinajstić information content (AvgIpc) is 3.13. The molecule has 1 unspecified atom stereocenters. The van der Waals surface area contributed by atoms with E-state index in [0.29, 0.717) is 19.0 Å². The first-order valence-electron chi connectivity index (χ1n) is 7.79. The van der Waals surface area contributed by atoms with Crippen molar-refractivity contribution in [2.45, 2.75) is 24.9 Å². The number of aryl methyl sites for hydroxylation is 1. The number of β-amino-alcohol motifs (C(OH)–C–C–N with tert-alkyl or cyclic N) is 1. The summed E-state index contributed by atoms with van der Waals surface area (Å²) in [6, 6.07) is 8.27. The minimum atomic E-state index is -0.848. The summed E-state index contributed by atoms with van der Waals surface area (Å²) in [6.45, 7) is 1.31. The van der Waals surface area contributed by atoms with E-state index in [1.54, 1.807) is 6.33 Å². The van der Waals surface area contributed by atoms with Crippen molar-refractivity contribution in [1.29, 1.82) is 0 Å². The monoisotopic (exact) mass is 313 g/mol. The molecule has 1 N–H and O–H groups in total. The Hall–Kier alpha value is -2.41.